The second-order valence-corrected chi connectivity index (χ2v) is 7.85. The summed E-state index contributed by atoms with van der Waals surface area (Å²) < 4.78 is 5.54. The second-order valence-electron chi connectivity index (χ2n) is 7.85. The molecule has 0 bridgehead atoms. The van der Waals surface area contributed by atoms with Gasteiger partial charge in [0.15, 0.2) is 0 Å². The minimum Gasteiger partial charge on any atom is -0.391 e. The van der Waals surface area contributed by atoms with Crippen LogP contribution in [-0.2, 0) is 11.3 Å². The molecule has 1 saturated heterocycles. The molecule has 3 N–H and O–H groups in total. The molecule has 0 radical (unpaired) electrons. The van der Waals surface area contributed by atoms with Crippen molar-refractivity contribution in [2.24, 2.45) is 0 Å². The van der Waals surface area contributed by atoms with E-state index < -0.39 is 12.1 Å². The molecule has 1 amide bonds. The lowest BCUT2D eigenvalue weighted by atomic mass is 10.0. The first-order chi connectivity index (χ1) is 13.7. The maximum absolute atomic E-state index is 12.1. The summed E-state index contributed by atoms with van der Waals surface area (Å²) in [7, 11) is 0. The molecular weight excluding hydrogens is 356 g/mol. The van der Waals surface area contributed by atoms with Crippen molar-refractivity contribution in [2.75, 3.05) is 6.54 Å². The van der Waals surface area contributed by atoms with Gasteiger partial charge in [-0.05, 0) is 31.4 Å². The van der Waals surface area contributed by atoms with E-state index in [9.17, 15) is 9.90 Å². The molecule has 0 unspecified atom stereocenters. The van der Waals surface area contributed by atoms with E-state index in [1.807, 2.05) is 24.3 Å². The Kier molecular flexibility index (Phi) is 6.02. The Hall–Kier alpha value is -2.25. The lowest BCUT2D eigenvalue weighted by Crippen LogP contribution is -2.45. The molecule has 28 heavy (non-hydrogen) atoms. The van der Waals surface area contributed by atoms with E-state index in [1.165, 1.54) is 25.7 Å². The first kappa shape index (κ1) is 19.1. The normalized spacial score (nSPS) is 23.5. The van der Waals surface area contributed by atoms with Gasteiger partial charge in [-0.3, -0.25) is 4.79 Å². The van der Waals surface area contributed by atoms with E-state index in [1.54, 1.807) is 0 Å². The Balaban J connectivity index is 1.35. The van der Waals surface area contributed by atoms with Crippen LogP contribution in [-0.4, -0.2) is 39.8 Å². The maximum atomic E-state index is 12.1. The van der Waals surface area contributed by atoms with Gasteiger partial charge in [0.1, 0.15) is 6.04 Å². The quantitative estimate of drug-likeness (QED) is 0.685. The third-order valence-corrected chi connectivity index (χ3v) is 5.80. The summed E-state index contributed by atoms with van der Waals surface area (Å²) in [5.41, 5.74) is 1.89. The van der Waals surface area contributed by atoms with Gasteiger partial charge in [-0.1, -0.05) is 55.1 Å². The first-order valence-corrected chi connectivity index (χ1v) is 10.3. The second kappa shape index (κ2) is 8.84. The van der Waals surface area contributed by atoms with Gasteiger partial charge >= 0.3 is 0 Å². The third-order valence-electron chi connectivity index (χ3n) is 5.80. The summed E-state index contributed by atoms with van der Waals surface area (Å²) in [5, 5.41) is 19.8. The lowest BCUT2D eigenvalue weighted by molar-refractivity contribution is -0.124. The van der Waals surface area contributed by atoms with Crippen LogP contribution in [0.3, 0.4) is 0 Å². The summed E-state index contributed by atoms with van der Waals surface area (Å²) in [6.07, 6.45) is 7.32. The van der Waals surface area contributed by atoms with Gasteiger partial charge in [-0.15, -0.1) is 0 Å². The molecule has 1 aliphatic carbocycles. The fourth-order valence-corrected chi connectivity index (χ4v) is 4.07. The molecular formula is C21H28N4O3. The number of aliphatic hydroxyl groups is 1. The highest BCUT2D eigenvalue weighted by atomic mass is 16.5. The predicted molar refractivity (Wildman–Crippen MR) is 104 cm³/mol. The highest BCUT2D eigenvalue weighted by Crippen LogP contribution is 2.31. The maximum Gasteiger partial charge on any atom is 0.240 e. The largest absolute Gasteiger partial charge is 0.391 e. The van der Waals surface area contributed by atoms with Crippen molar-refractivity contribution in [3.8, 4) is 11.4 Å². The van der Waals surface area contributed by atoms with Crippen LogP contribution in [0.2, 0.25) is 0 Å². The van der Waals surface area contributed by atoms with Crippen molar-refractivity contribution in [3.05, 3.63) is 35.7 Å². The van der Waals surface area contributed by atoms with Gasteiger partial charge in [-0.25, -0.2) is 0 Å². The fraction of sp³-hybridized carbons (Fsp3) is 0.571. The van der Waals surface area contributed by atoms with E-state index in [0.29, 0.717) is 31.3 Å². The molecule has 2 atom stereocenters. The minimum absolute atomic E-state index is 0.166. The Morgan fingerprint density at radius 2 is 1.89 bits per heavy atom. The number of carbonyl (C=O) groups excluding carboxylic acids is 1. The zero-order valence-electron chi connectivity index (χ0n) is 16.1. The highest BCUT2D eigenvalue weighted by Gasteiger charge is 2.30. The van der Waals surface area contributed by atoms with Gasteiger partial charge in [0, 0.05) is 18.0 Å². The van der Waals surface area contributed by atoms with Crippen molar-refractivity contribution in [1.29, 1.82) is 0 Å². The van der Waals surface area contributed by atoms with E-state index in [2.05, 4.69) is 20.8 Å². The summed E-state index contributed by atoms with van der Waals surface area (Å²) >= 11 is 0. The van der Waals surface area contributed by atoms with Gasteiger partial charge in [0.05, 0.1) is 6.10 Å². The zero-order chi connectivity index (χ0) is 19.3. The summed E-state index contributed by atoms with van der Waals surface area (Å²) in [5.74, 6) is 1.60. The molecule has 1 aromatic carbocycles. The van der Waals surface area contributed by atoms with Crippen LogP contribution in [0.5, 0.6) is 0 Å². The molecule has 2 heterocycles. The van der Waals surface area contributed by atoms with Crippen molar-refractivity contribution in [3.63, 3.8) is 0 Å². The molecule has 2 aliphatic rings. The molecule has 2 aromatic rings. The summed E-state index contributed by atoms with van der Waals surface area (Å²) in [6.45, 7) is 1.09. The lowest BCUT2D eigenvalue weighted by Gasteiger charge is -2.14. The molecule has 1 aliphatic heterocycles. The number of amides is 1. The van der Waals surface area contributed by atoms with E-state index in [-0.39, 0.29) is 5.91 Å². The molecule has 1 aromatic heterocycles. The number of nitrogens with zero attached hydrogens (tertiary/aromatic N) is 2. The van der Waals surface area contributed by atoms with Crippen molar-refractivity contribution >= 4 is 5.91 Å². The third kappa shape index (κ3) is 4.42. The first-order valence-electron chi connectivity index (χ1n) is 10.3. The van der Waals surface area contributed by atoms with Crippen molar-refractivity contribution in [1.82, 2.24) is 20.8 Å². The summed E-state index contributed by atoms with van der Waals surface area (Å²) in [6, 6.07) is 7.30. The average molecular weight is 384 g/mol. The number of hydrogen-bond acceptors (Lipinski definition) is 6. The Bertz CT molecular complexity index is 781. The van der Waals surface area contributed by atoms with Crippen LogP contribution in [0, 0.1) is 0 Å². The Morgan fingerprint density at radius 3 is 2.57 bits per heavy atom. The minimum atomic E-state index is -0.608. The summed E-state index contributed by atoms with van der Waals surface area (Å²) in [4.78, 5) is 16.8. The highest BCUT2D eigenvalue weighted by molar-refractivity contribution is 5.82. The topological polar surface area (TPSA) is 100 Å². The molecule has 2 fully saturated rings. The number of benzene rings is 1. The number of carbonyl (C=O) groups is 1. The van der Waals surface area contributed by atoms with Crippen LogP contribution in [0.15, 0.2) is 28.8 Å². The van der Waals surface area contributed by atoms with Crippen LogP contribution in [0.4, 0.5) is 0 Å². The standard InChI is InChI=1S/C21H28N4O3/c26-17-11-12-22-18(17)20(27)23-13-14-7-9-15(10-8-14)19-24-21(28-25-19)16-5-3-1-2-4-6-16/h7-10,16-18,22,26H,1-6,11-13H2,(H,23,27)/t17-,18-/m0/s1. The average Bonchev–Trinajstić information content (AvgIpc) is 3.29. The molecule has 150 valence electrons. The van der Waals surface area contributed by atoms with E-state index in [0.717, 1.165) is 29.9 Å². The predicted octanol–water partition coefficient (Wildman–Crippen LogP) is 2.51. The van der Waals surface area contributed by atoms with Crippen LogP contribution in [0.1, 0.15) is 62.3 Å². The SMILES string of the molecule is O=C(NCc1ccc(-c2noc(C3CCCCCC3)n2)cc1)[C@H]1NCC[C@@H]1O. The number of aromatic nitrogens is 2. The van der Waals surface area contributed by atoms with Gasteiger partial charge in [0.2, 0.25) is 17.6 Å². The molecule has 0 spiro atoms. The van der Waals surface area contributed by atoms with Crippen LogP contribution in [0.25, 0.3) is 11.4 Å². The van der Waals surface area contributed by atoms with E-state index >= 15 is 0 Å². The monoisotopic (exact) mass is 384 g/mol. The van der Waals surface area contributed by atoms with Crippen molar-refractivity contribution < 1.29 is 14.4 Å². The van der Waals surface area contributed by atoms with Gasteiger partial charge in [-0.2, -0.15) is 4.98 Å². The molecule has 4 rings (SSSR count). The number of aliphatic hydroxyl groups excluding tert-OH is 1. The smallest absolute Gasteiger partial charge is 0.240 e. The molecule has 7 nitrogen and oxygen atoms in total. The van der Waals surface area contributed by atoms with Crippen LogP contribution < -0.4 is 10.6 Å². The van der Waals surface area contributed by atoms with E-state index in [4.69, 9.17) is 4.52 Å². The molecule has 1 saturated carbocycles. The van der Waals surface area contributed by atoms with Crippen molar-refractivity contribution in [2.45, 2.75) is 69.6 Å². The fourth-order valence-electron chi connectivity index (χ4n) is 4.07. The van der Waals surface area contributed by atoms with Gasteiger partial charge < -0.3 is 20.3 Å². The Labute approximate surface area is 164 Å². The van der Waals surface area contributed by atoms with Crippen LogP contribution >= 0.6 is 0 Å². The zero-order valence-corrected chi connectivity index (χ0v) is 16.1. The van der Waals surface area contributed by atoms with Gasteiger partial charge in [0.25, 0.3) is 0 Å². The number of rotatable bonds is 5. The Morgan fingerprint density at radius 1 is 1.14 bits per heavy atom. The number of hydrogen-bond donors (Lipinski definition) is 3. The molecule has 7 heteroatoms. The number of nitrogens with one attached hydrogen (secondary N) is 2.